The van der Waals surface area contributed by atoms with Gasteiger partial charge in [-0.3, -0.25) is 9.69 Å². The van der Waals surface area contributed by atoms with Gasteiger partial charge in [-0.25, -0.2) is 9.48 Å². The van der Waals surface area contributed by atoms with Crippen LogP contribution in [0.2, 0.25) is 0 Å². The van der Waals surface area contributed by atoms with Crippen LogP contribution in [0, 0.1) is 32.5 Å². The third-order valence-electron chi connectivity index (χ3n) is 15.3. The van der Waals surface area contributed by atoms with Crippen LogP contribution in [0.25, 0.3) is 0 Å². The largest absolute Gasteiger partial charge is 0.487 e. The topological polar surface area (TPSA) is 84.7 Å². The number of carboxylic acid groups (broad SMARTS) is 1. The van der Waals surface area contributed by atoms with Crippen LogP contribution in [-0.2, 0) is 46.8 Å². The number of carbonyl (C=O) groups is 1. The van der Waals surface area contributed by atoms with Crippen molar-refractivity contribution in [2.24, 2.45) is 32.5 Å². The molecule has 7 heteroatoms. The number of fused-ring (bicyclic) bond motifs is 1. The zero-order chi connectivity index (χ0) is 51.4. The lowest BCUT2D eigenvalue weighted by Gasteiger charge is -2.82. The van der Waals surface area contributed by atoms with Crippen molar-refractivity contribution >= 4 is 6.09 Å². The second kappa shape index (κ2) is 16.5. The zero-order valence-corrected chi connectivity index (χ0v) is 47.2. The summed E-state index contributed by atoms with van der Waals surface area (Å²) in [6.07, 6.45) is 1.28. The molecule has 0 fully saturated rings. The molecule has 0 unspecified atom stereocenters. The lowest BCUT2D eigenvalue weighted by molar-refractivity contribution is -0.269. The smallest absolute Gasteiger partial charge is 0.408 e. The highest BCUT2D eigenvalue weighted by atomic mass is 16.5. The second-order valence-corrected chi connectivity index (χ2v) is 29.2. The number of nitrogens with zero attached hydrogens (tertiary/aromatic N) is 3. The molecule has 0 spiro atoms. The Morgan fingerprint density at radius 2 is 1.03 bits per heavy atom. The third kappa shape index (κ3) is 8.28. The number of aryl methyl sites for hydroxylation is 1. The number of rotatable bonds is 6. The summed E-state index contributed by atoms with van der Waals surface area (Å²) in [5.74, 6) is 0.436. The number of benzene rings is 2. The van der Waals surface area contributed by atoms with Crippen molar-refractivity contribution in [3.63, 3.8) is 0 Å². The lowest BCUT2D eigenvalue weighted by atomic mass is 9.29. The molecule has 370 valence electrons. The third-order valence-corrected chi connectivity index (χ3v) is 15.3. The zero-order valence-electron chi connectivity index (χ0n) is 47.2. The van der Waals surface area contributed by atoms with Gasteiger partial charge in [-0.2, -0.15) is 5.10 Å². The maximum atomic E-state index is 15.6. The standard InChI is InChI=1S/C59H95N3O4/c1-48(2,3)42-40(33-34-61-41(63)35-39(36-60-61)66-37-38-31-29-28-30-32-38)43(49(4,5)6)46-45(44(42)50(7,8)9)57(51(10,11)12,52(13,14)15)59(55(22,23)24,56(25,26)27)62(47(64)65)58(46,53(16,17)18)54(19,20)21/h28-32,35-36H,33-34,37H2,1-27H3,(H,64,65). The molecule has 0 aliphatic carbocycles. The van der Waals surface area contributed by atoms with Gasteiger partial charge in [0.15, 0.2) is 0 Å². The predicted molar refractivity (Wildman–Crippen MR) is 278 cm³/mol. The number of hydrogen-bond acceptors (Lipinski definition) is 4. The van der Waals surface area contributed by atoms with Crippen LogP contribution in [0.5, 0.6) is 5.75 Å². The highest BCUT2D eigenvalue weighted by Crippen LogP contribution is 2.79. The van der Waals surface area contributed by atoms with E-state index in [1.54, 1.807) is 16.9 Å². The molecule has 0 radical (unpaired) electrons. The van der Waals surface area contributed by atoms with Crippen LogP contribution in [0.4, 0.5) is 4.79 Å². The highest BCUT2D eigenvalue weighted by molar-refractivity contribution is 5.76. The van der Waals surface area contributed by atoms with E-state index in [9.17, 15) is 9.90 Å². The van der Waals surface area contributed by atoms with E-state index in [4.69, 9.17) is 9.84 Å². The number of aromatic nitrogens is 2. The Labute approximate surface area is 403 Å². The van der Waals surface area contributed by atoms with E-state index in [0.717, 1.165) is 11.1 Å². The summed E-state index contributed by atoms with van der Waals surface area (Å²) < 4.78 is 7.64. The van der Waals surface area contributed by atoms with Crippen LogP contribution >= 0.6 is 0 Å². The van der Waals surface area contributed by atoms with E-state index in [1.165, 1.54) is 27.8 Å². The molecule has 1 N–H and O–H groups in total. The van der Waals surface area contributed by atoms with Crippen molar-refractivity contribution < 1.29 is 14.6 Å². The predicted octanol–water partition coefficient (Wildman–Crippen LogP) is 15.4. The molecule has 1 aliphatic rings. The maximum Gasteiger partial charge on any atom is 0.408 e. The van der Waals surface area contributed by atoms with E-state index in [0.29, 0.717) is 25.3 Å². The van der Waals surface area contributed by atoms with Crippen molar-refractivity contribution in [3.05, 3.63) is 91.9 Å². The molecule has 1 amide bonds. The van der Waals surface area contributed by atoms with Crippen molar-refractivity contribution in [2.75, 3.05) is 0 Å². The minimum absolute atomic E-state index is 0.223. The van der Waals surface area contributed by atoms with E-state index >= 15 is 4.79 Å². The first-order chi connectivity index (χ1) is 29.3. The fraction of sp³-hybridized carbons (Fsp3) is 0.712. The first-order valence-corrected chi connectivity index (χ1v) is 24.8. The molecule has 0 saturated heterocycles. The number of amides is 1. The molecule has 0 bridgehead atoms. The van der Waals surface area contributed by atoms with E-state index in [-0.39, 0.29) is 11.0 Å². The van der Waals surface area contributed by atoms with Crippen molar-refractivity contribution in [1.82, 2.24) is 14.7 Å². The fourth-order valence-electron chi connectivity index (χ4n) is 15.2. The first kappa shape index (κ1) is 55.0. The SMILES string of the molecule is CC(C)(C)c1c(CCn2ncc(OCc3ccccc3)cc2=O)c(C(C)(C)C)c2c(c1C(C)(C)C)C(C(C)(C)C)(C(C)(C)C)C(C(C)(C)C)(C(C)(C)C)N(C(=O)O)C2(C(C)(C)C)C(C)(C)C. The highest BCUT2D eigenvalue weighted by Gasteiger charge is 2.83. The van der Waals surface area contributed by atoms with Crippen molar-refractivity contribution in [2.45, 2.75) is 239 Å². The second-order valence-electron chi connectivity index (χ2n) is 29.2. The van der Waals surface area contributed by atoms with Gasteiger partial charge in [-0.1, -0.05) is 217 Å². The van der Waals surface area contributed by atoms with Crippen LogP contribution in [0.15, 0.2) is 47.4 Å². The Hall–Kier alpha value is -3.61. The molecule has 2 heterocycles. The summed E-state index contributed by atoms with van der Waals surface area (Å²) in [5, 5.41) is 17.5. The van der Waals surface area contributed by atoms with Gasteiger partial charge in [-0.15, -0.1) is 0 Å². The molecule has 0 saturated carbocycles. The molecular formula is C59H95N3O4. The summed E-state index contributed by atoms with van der Waals surface area (Å²) in [4.78, 5) is 31.9. The number of ether oxygens (including phenoxy) is 1. The van der Waals surface area contributed by atoms with Crippen molar-refractivity contribution in [1.29, 1.82) is 0 Å². The van der Waals surface area contributed by atoms with Crippen LogP contribution in [0.3, 0.4) is 0 Å². The molecule has 0 atom stereocenters. The Kier molecular flexibility index (Phi) is 13.8. The average molecular weight is 910 g/mol. The molecule has 1 aliphatic heterocycles. The minimum atomic E-state index is -1.11. The summed E-state index contributed by atoms with van der Waals surface area (Å²) in [6.45, 7) is 63.9. The first-order valence-electron chi connectivity index (χ1n) is 24.8. The van der Waals surface area contributed by atoms with Gasteiger partial charge in [0.05, 0.1) is 17.3 Å². The summed E-state index contributed by atoms with van der Waals surface area (Å²) in [5.41, 5.74) is 0.498. The van der Waals surface area contributed by atoms with Crippen LogP contribution in [0.1, 0.15) is 226 Å². The quantitative estimate of drug-likeness (QED) is 0.266. The average Bonchev–Trinajstić information content (AvgIpc) is 3.07. The monoisotopic (exact) mass is 910 g/mol. The van der Waals surface area contributed by atoms with Gasteiger partial charge >= 0.3 is 6.09 Å². The fourth-order valence-corrected chi connectivity index (χ4v) is 15.2. The summed E-state index contributed by atoms with van der Waals surface area (Å²) >= 11 is 0. The molecule has 7 nitrogen and oxygen atoms in total. The normalized spacial score (nSPS) is 17.4. The van der Waals surface area contributed by atoms with Gasteiger partial charge in [0.25, 0.3) is 5.56 Å². The minimum Gasteiger partial charge on any atom is -0.487 e. The summed E-state index contributed by atoms with van der Waals surface area (Å²) in [6, 6.07) is 11.5. The molecule has 3 aromatic rings. The Bertz CT molecular complexity index is 2280. The van der Waals surface area contributed by atoms with Crippen LogP contribution in [-0.4, -0.2) is 31.4 Å². The maximum absolute atomic E-state index is 15.6. The lowest BCUT2D eigenvalue weighted by Crippen LogP contribution is -2.88. The van der Waals surface area contributed by atoms with Gasteiger partial charge in [0.2, 0.25) is 0 Å². The molecule has 2 aromatic carbocycles. The molecule has 4 rings (SSSR count). The Balaban J connectivity index is 2.56. The van der Waals surface area contributed by atoms with Gasteiger partial charge < -0.3 is 9.84 Å². The van der Waals surface area contributed by atoms with E-state index in [1.807, 2.05) is 30.3 Å². The number of hydrogen-bond donors (Lipinski definition) is 1. The van der Waals surface area contributed by atoms with Crippen molar-refractivity contribution in [3.8, 4) is 5.75 Å². The van der Waals surface area contributed by atoms with Crippen LogP contribution < -0.4 is 10.3 Å². The van der Waals surface area contributed by atoms with Gasteiger partial charge in [0.1, 0.15) is 12.4 Å². The van der Waals surface area contributed by atoms with E-state index < -0.39 is 65.9 Å². The van der Waals surface area contributed by atoms with Gasteiger partial charge in [-0.05, 0) is 94.1 Å². The Morgan fingerprint density at radius 3 is 1.38 bits per heavy atom. The summed E-state index contributed by atoms with van der Waals surface area (Å²) in [7, 11) is 0. The van der Waals surface area contributed by atoms with E-state index in [2.05, 4.69) is 192 Å². The molecule has 1 aromatic heterocycles. The Morgan fingerprint density at radius 1 is 0.591 bits per heavy atom. The molecule has 66 heavy (non-hydrogen) atoms. The van der Waals surface area contributed by atoms with Gasteiger partial charge in [0, 0.05) is 18.0 Å². The molecular weight excluding hydrogens is 815 g/mol.